The number of rotatable bonds is 4. The van der Waals surface area contributed by atoms with Gasteiger partial charge < -0.3 is 10.5 Å². The van der Waals surface area contributed by atoms with Crippen LogP contribution in [-0.2, 0) is 0 Å². The van der Waals surface area contributed by atoms with Gasteiger partial charge in [0.05, 0.1) is 7.11 Å². The summed E-state index contributed by atoms with van der Waals surface area (Å²) in [4.78, 5) is 0. The Bertz CT molecular complexity index is 339. The highest BCUT2D eigenvalue weighted by molar-refractivity contribution is 5.37. The molecule has 1 aromatic carbocycles. The van der Waals surface area contributed by atoms with Gasteiger partial charge in [0.1, 0.15) is 0 Å². The van der Waals surface area contributed by atoms with E-state index in [1.165, 1.54) is 7.11 Å². The average molecular weight is 211 g/mol. The number of hydrogen-bond donors (Lipinski definition) is 1. The molecule has 3 heteroatoms. The number of nitrogens with two attached hydrogens (primary N) is 1. The van der Waals surface area contributed by atoms with Gasteiger partial charge in [-0.3, -0.25) is 0 Å². The fraction of sp³-hybridized carbons (Fsp3) is 0.500. The molecule has 0 heterocycles. The second-order valence-corrected chi connectivity index (χ2v) is 3.83. The molecule has 1 aromatic rings. The van der Waals surface area contributed by atoms with Crippen molar-refractivity contribution in [3.8, 4) is 5.75 Å². The lowest BCUT2D eigenvalue weighted by atomic mass is 9.96. The van der Waals surface area contributed by atoms with Crippen LogP contribution in [0.1, 0.15) is 30.4 Å². The molecule has 0 aliphatic rings. The van der Waals surface area contributed by atoms with Gasteiger partial charge >= 0.3 is 0 Å². The molecular formula is C12H18FNO. The van der Waals surface area contributed by atoms with Crippen LogP contribution in [-0.4, -0.2) is 13.7 Å². The first-order valence-electron chi connectivity index (χ1n) is 5.14. The number of benzene rings is 1. The van der Waals surface area contributed by atoms with E-state index in [1.807, 2.05) is 6.07 Å². The summed E-state index contributed by atoms with van der Waals surface area (Å²) in [5, 5.41) is 0. The molecule has 1 rings (SSSR count). The highest BCUT2D eigenvalue weighted by Crippen LogP contribution is 2.27. The molecule has 0 aliphatic heterocycles. The van der Waals surface area contributed by atoms with Gasteiger partial charge in [-0.25, -0.2) is 4.39 Å². The van der Waals surface area contributed by atoms with E-state index in [2.05, 4.69) is 6.92 Å². The first-order valence-corrected chi connectivity index (χ1v) is 5.14. The summed E-state index contributed by atoms with van der Waals surface area (Å²) >= 11 is 0. The van der Waals surface area contributed by atoms with Crippen molar-refractivity contribution < 1.29 is 9.13 Å². The Hall–Kier alpha value is -1.09. The fourth-order valence-electron chi connectivity index (χ4n) is 1.61. The van der Waals surface area contributed by atoms with E-state index in [4.69, 9.17) is 10.5 Å². The third kappa shape index (κ3) is 2.69. The summed E-state index contributed by atoms with van der Waals surface area (Å²) in [6.07, 6.45) is 0.897. The van der Waals surface area contributed by atoms with Crippen LogP contribution in [0.4, 0.5) is 4.39 Å². The minimum Gasteiger partial charge on any atom is -0.494 e. The standard InChI is InChI=1S/C12H18FNO/c1-8(4-5-14)10-6-9(2)12(13)11(7-10)15-3/h6-8H,4-5,14H2,1-3H3. The summed E-state index contributed by atoms with van der Waals surface area (Å²) in [6.45, 7) is 4.47. The molecule has 2 nitrogen and oxygen atoms in total. The maximum absolute atomic E-state index is 13.5. The van der Waals surface area contributed by atoms with Crippen LogP contribution in [0.15, 0.2) is 12.1 Å². The third-order valence-electron chi connectivity index (χ3n) is 2.63. The minimum atomic E-state index is -0.277. The number of methoxy groups -OCH3 is 1. The first-order chi connectivity index (χ1) is 7.10. The monoisotopic (exact) mass is 211 g/mol. The van der Waals surface area contributed by atoms with Crippen molar-refractivity contribution in [1.82, 2.24) is 0 Å². The highest BCUT2D eigenvalue weighted by Gasteiger charge is 2.12. The second-order valence-electron chi connectivity index (χ2n) is 3.83. The zero-order chi connectivity index (χ0) is 11.4. The predicted octanol–water partition coefficient (Wildman–Crippen LogP) is 2.60. The molecule has 1 unspecified atom stereocenters. The summed E-state index contributed by atoms with van der Waals surface area (Å²) in [7, 11) is 1.48. The Kier molecular flexibility index (Phi) is 4.09. The largest absolute Gasteiger partial charge is 0.494 e. The van der Waals surface area contributed by atoms with Gasteiger partial charge in [0.25, 0.3) is 0 Å². The van der Waals surface area contributed by atoms with Crippen LogP contribution < -0.4 is 10.5 Å². The van der Waals surface area contributed by atoms with Crippen molar-refractivity contribution in [2.75, 3.05) is 13.7 Å². The van der Waals surface area contributed by atoms with Crippen molar-refractivity contribution in [3.05, 3.63) is 29.1 Å². The Morgan fingerprint density at radius 3 is 2.67 bits per heavy atom. The highest BCUT2D eigenvalue weighted by atomic mass is 19.1. The lowest BCUT2D eigenvalue weighted by Gasteiger charge is -2.14. The van der Waals surface area contributed by atoms with E-state index in [1.54, 1.807) is 13.0 Å². The lowest BCUT2D eigenvalue weighted by Crippen LogP contribution is -2.05. The number of ether oxygens (including phenoxy) is 1. The molecule has 0 bridgehead atoms. The lowest BCUT2D eigenvalue weighted by molar-refractivity contribution is 0.384. The van der Waals surface area contributed by atoms with E-state index >= 15 is 0 Å². The zero-order valence-electron chi connectivity index (χ0n) is 9.51. The summed E-state index contributed by atoms with van der Waals surface area (Å²) < 4.78 is 18.5. The minimum absolute atomic E-state index is 0.277. The van der Waals surface area contributed by atoms with E-state index < -0.39 is 0 Å². The van der Waals surface area contributed by atoms with Crippen LogP contribution in [0.2, 0.25) is 0 Å². The molecule has 0 aromatic heterocycles. The maximum atomic E-state index is 13.5. The second kappa shape index (κ2) is 5.12. The van der Waals surface area contributed by atoms with Crippen molar-refractivity contribution >= 4 is 0 Å². The molecule has 0 aliphatic carbocycles. The Labute approximate surface area is 90.2 Å². The SMILES string of the molecule is COc1cc(C(C)CCN)cc(C)c1F. The van der Waals surface area contributed by atoms with Crippen LogP contribution in [0.5, 0.6) is 5.75 Å². The molecule has 84 valence electrons. The summed E-state index contributed by atoms with van der Waals surface area (Å²) in [5.74, 6) is 0.373. The molecule has 0 saturated carbocycles. The van der Waals surface area contributed by atoms with Crippen LogP contribution >= 0.6 is 0 Å². The smallest absolute Gasteiger partial charge is 0.167 e. The van der Waals surface area contributed by atoms with E-state index in [0.29, 0.717) is 23.8 Å². The quantitative estimate of drug-likeness (QED) is 0.830. The molecule has 0 radical (unpaired) electrons. The Morgan fingerprint density at radius 2 is 2.13 bits per heavy atom. The van der Waals surface area contributed by atoms with Gasteiger partial charge in [0, 0.05) is 0 Å². The maximum Gasteiger partial charge on any atom is 0.167 e. The van der Waals surface area contributed by atoms with Gasteiger partial charge in [-0.1, -0.05) is 13.0 Å². The summed E-state index contributed by atoms with van der Waals surface area (Å²) in [5.41, 5.74) is 7.20. The Balaban J connectivity index is 3.05. The van der Waals surface area contributed by atoms with Gasteiger partial charge in [0.2, 0.25) is 0 Å². The van der Waals surface area contributed by atoms with E-state index in [9.17, 15) is 4.39 Å². The molecule has 1 atom stereocenters. The zero-order valence-corrected chi connectivity index (χ0v) is 9.51. The van der Waals surface area contributed by atoms with Crippen molar-refractivity contribution in [2.45, 2.75) is 26.2 Å². The number of hydrogen-bond acceptors (Lipinski definition) is 2. The molecule has 15 heavy (non-hydrogen) atoms. The van der Waals surface area contributed by atoms with Crippen molar-refractivity contribution in [3.63, 3.8) is 0 Å². The number of halogens is 1. The van der Waals surface area contributed by atoms with Gasteiger partial charge in [-0.15, -0.1) is 0 Å². The molecule has 0 amide bonds. The first kappa shape index (κ1) is 12.0. The molecule has 0 fully saturated rings. The topological polar surface area (TPSA) is 35.2 Å². The van der Waals surface area contributed by atoms with Gasteiger partial charge in [-0.05, 0) is 43.0 Å². The van der Waals surface area contributed by atoms with E-state index in [0.717, 1.165) is 12.0 Å². The van der Waals surface area contributed by atoms with Crippen molar-refractivity contribution in [2.24, 2.45) is 5.73 Å². The van der Waals surface area contributed by atoms with Crippen molar-refractivity contribution in [1.29, 1.82) is 0 Å². The average Bonchev–Trinajstić information content (AvgIpc) is 2.22. The van der Waals surface area contributed by atoms with E-state index in [-0.39, 0.29) is 5.82 Å². The van der Waals surface area contributed by atoms with Crippen LogP contribution in [0, 0.1) is 12.7 Å². The molecule has 2 N–H and O–H groups in total. The Morgan fingerprint density at radius 1 is 1.47 bits per heavy atom. The van der Waals surface area contributed by atoms with Gasteiger partial charge in [-0.2, -0.15) is 0 Å². The predicted molar refractivity (Wildman–Crippen MR) is 59.8 cm³/mol. The molecular weight excluding hydrogens is 193 g/mol. The number of aryl methyl sites for hydroxylation is 1. The molecule has 0 saturated heterocycles. The van der Waals surface area contributed by atoms with Crippen LogP contribution in [0.25, 0.3) is 0 Å². The van der Waals surface area contributed by atoms with Gasteiger partial charge in [0.15, 0.2) is 11.6 Å². The normalized spacial score (nSPS) is 12.6. The third-order valence-corrected chi connectivity index (χ3v) is 2.63. The molecule has 0 spiro atoms. The fourth-order valence-corrected chi connectivity index (χ4v) is 1.61. The summed E-state index contributed by atoms with van der Waals surface area (Å²) in [6, 6.07) is 3.61. The van der Waals surface area contributed by atoms with Crippen LogP contribution in [0.3, 0.4) is 0 Å².